The Bertz CT molecular complexity index is 447. The van der Waals surface area contributed by atoms with Crippen LogP contribution in [-0.2, 0) is 4.79 Å². The molecule has 1 aliphatic heterocycles. The fourth-order valence-corrected chi connectivity index (χ4v) is 3.05. The maximum atomic E-state index is 12.6. The number of hydrogen-bond donors (Lipinski definition) is 2. The van der Waals surface area contributed by atoms with Gasteiger partial charge in [-0.25, -0.2) is 0 Å². The smallest absolute Gasteiger partial charge is 0.244 e. The Morgan fingerprint density at radius 1 is 1.53 bits per heavy atom. The largest absolute Gasteiger partial charge is 0.323 e. The maximum absolute atomic E-state index is 12.6. The van der Waals surface area contributed by atoms with Gasteiger partial charge in [0.1, 0.15) is 0 Å². The van der Waals surface area contributed by atoms with E-state index in [0.717, 1.165) is 43.5 Å². The lowest BCUT2D eigenvalue weighted by Crippen LogP contribution is -2.50. The third kappa shape index (κ3) is 2.93. The summed E-state index contributed by atoms with van der Waals surface area (Å²) in [7, 11) is 0. The highest BCUT2D eigenvalue weighted by Gasteiger charge is 2.40. The minimum absolute atomic E-state index is 0.0445. The molecule has 2 N–H and O–H groups in total. The summed E-state index contributed by atoms with van der Waals surface area (Å²) in [5.74, 6) is 0.0445. The normalized spacial score (nSPS) is 22.5. The van der Waals surface area contributed by atoms with Crippen LogP contribution in [0.25, 0.3) is 0 Å². The van der Waals surface area contributed by atoms with E-state index in [4.69, 9.17) is 11.6 Å². The minimum atomic E-state index is -0.416. The molecule has 1 saturated heterocycles. The van der Waals surface area contributed by atoms with Gasteiger partial charge in [-0.1, -0.05) is 37.1 Å². The summed E-state index contributed by atoms with van der Waals surface area (Å²) in [6.07, 6.45) is 3.80. The number of nitrogens with one attached hydrogen (secondary N) is 2. The van der Waals surface area contributed by atoms with Crippen LogP contribution in [0.1, 0.15) is 38.2 Å². The number of rotatable bonds is 4. The van der Waals surface area contributed by atoms with Crippen molar-refractivity contribution >= 4 is 23.2 Å². The first-order chi connectivity index (χ1) is 9.09. The second-order valence-electron chi connectivity index (χ2n) is 5.25. The Hall–Kier alpha value is -1.06. The lowest BCUT2D eigenvalue weighted by molar-refractivity contribution is -0.122. The second kappa shape index (κ2) is 5.93. The average molecular weight is 281 g/mol. The number of aryl methyl sites for hydroxylation is 1. The summed E-state index contributed by atoms with van der Waals surface area (Å²) >= 11 is 6.17. The van der Waals surface area contributed by atoms with Gasteiger partial charge >= 0.3 is 0 Å². The zero-order chi connectivity index (χ0) is 13.9. The zero-order valence-electron chi connectivity index (χ0n) is 11.6. The molecule has 1 heterocycles. The van der Waals surface area contributed by atoms with Gasteiger partial charge in [-0.2, -0.15) is 0 Å². The van der Waals surface area contributed by atoms with E-state index in [1.165, 1.54) is 0 Å². The first-order valence-corrected chi connectivity index (χ1v) is 7.28. The number of carbonyl (C=O) groups excluding carboxylic acids is 1. The molecule has 1 unspecified atom stereocenters. The molecule has 4 heteroatoms. The summed E-state index contributed by atoms with van der Waals surface area (Å²) in [5.41, 5.74) is 1.31. The Labute approximate surface area is 119 Å². The SMILES string of the molecule is CCCC1(C(=O)Nc2c(C)cccc2Cl)CCCN1. The number of halogens is 1. The molecular formula is C15H21ClN2O. The van der Waals surface area contributed by atoms with Crippen LogP contribution in [0.4, 0.5) is 5.69 Å². The van der Waals surface area contributed by atoms with Gasteiger partial charge in [-0.3, -0.25) is 4.79 Å². The minimum Gasteiger partial charge on any atom is -0.323 e. The molecule has 1 atom stereocenters. The maximum Gasteiger partial charge on any atom is 0.244 e. The van der Waals surface area contributed by atoms with Gasteiger partial charge in [0.05, 0.1) is 16.2 Å². The molecule has 0 bridgehead atoms. The van der Waals surface area contributed by atoms with Gasteiger partial charge in [0.15, 0.2) is 0 Å². The molecule has 1 aliphatic rings. The van der Waals surface area contributed by atoms with E-state index in [9.17, 15) is 4.79 Å². The Morgan fingerprint density at radius 3 is 2.89 bits per heavy atom. The highest BCUT2D eigenvalue weighted by atomic mass is 35.5. The quantitative estimate of drug-likeness (QED) is 0.886. The topological polar surface area (TPSA) is 41.1 Å². The highest BCUT2D eigenvalue weighted by Crippen LogP contribution is 2.30. The Balaban J connectivity index is 2.20. The fraction of sp³-hybridized carbons (Fsp3) is 0.533. The van der Waals surface area contributed by atoms with Crippen molar-refractivity contribution in [3.05, 3.63) is 28.8 Å². The van der Waals surface area contributed by atoms with E-state index in [0.29, 0.717) is 5.02 Å². The highest BCUT2D eigenvalue weighted by molar-refractivity contribution is 6.34. The Morgan fingerprint density at radius 2 is 2.32 bits per heavy atom. The van der Waals surface area contributed by atoms with E-state index in [1.54, 1.807) is 6.07 Å². The fourth-order valence-electron chi connectivity index (χ4n) is 2.78. The summed E-state index contributed by atoms with van der Waals surface area (Å²) in [5, 5.41) is 6.98. The molecule has 0 spiro atoms. The van der Waals surface area contributed by atoms with Crippen LogP contribution in [0.15, 0.2) is 18.2 Å². The van der Waals surface area contributed by atoms with E-state index < -0.39 is 5.54 Å². The first kappa shape index (κ1) is 14.4. The van der Waals surface area contributed by atoms with E-state index in [1.807, 2.05) is 19.1 Å². The third-order valence-electron chi connectivity index (χ3n) is 3.82. The number of carbonyl (C=O) groups is 1. The van der Waals surface area contributed by atoms with Crippen molar-refractivity contribution in [1.29, 1.82) is 0 Å². The van der Waals surface area contributed by atoms with Crippen LogP contribution in [-0.4, -0.2) is 18.0 Å². The van der Waals surface area contributed by atoms with Crippen molar-refractivity contribution in [1.82, 2.24) is 5.32 Å². The molecule has 104 valence electrons. The van der Waals surface area contributed by atoms with Crippen molar-refractivity contribution in [2.45, 2.75) is 45.1 Å². The summed E-state index contributed by atoms with van der Waals surface area (Å²) in [6, 6.07) is 5.65. The molecule has 1 aromatic carbocycles. The summed E-state index contributed by atoms with van der Waals surface area (Å²) < 4.78 is 0. The molecule has 0 aliphatic carbocycles. The van der Waals surface area contributed by atoms with Gasteiger partial charge in [-0.05, 0) is 44.4 Å². The van der Waals surface area contributed by atoms with Crippen molar-refractivity contribution < 1.29 is 4.79 Å². The van der Waals surface area contributed by atoms with Crippen molar-refractivity contribution in [3.8, 4) is 0 Å². The predicted octanol–water partition coefficient (Wildman–Crippen LogP) is 3.51. The van der Waals surface area contributed by atoms with Crippen LogP contribution in [0.3, 0.4) is 0 Å². The molecule has 1 aromatic rings. The summed E-state index contributed by atoms with van der Waals surface area (Å²) in [6.45, 7) is 4.97. The predicted molar refractivity (Wildman–Crippen MR) is 79.7 cm³/mol. The van der Waals surface area contributed by atoms with Crippen molar-refractivity contribution in [2.75, 3.05) is 11.9 Å². The van der Waals surface area contributed by atoms with Gasteiger partial charge in [0.2, 0.25) is 5.91 Å². The van der Waals surface area contributed by atoms with Gasteiger partial charge in [-0.15, -0.1) is 0 Å². The number of amides is 1. The first-order valence-electron chi connectivity index (χ1n) is 6.90. The van der Waals surface area contributed by atoms with Gasteiger partial charge < -0.3 is 10.6 Å². The second-order valence-corrected chi connectivity index (χ2v) is 5.66. The van der Waals surface area contributed by atoms with Gasteiger partial charge in [0, 0.05) is 0 Å². The lowest BCUT2D eigenvalue weighted by Gasteiger charge is -2.28. The van der Waals surface area contributed by atoms with E-state index >= 15 is 0 Å². The number of para-hydroxylation sites is 1. The van der Waals surface area contributed by atoms with Crippen molar-refractivity contribution in [3.63, 3.8) is 0 Å². The molecule has 3 nitrogen and oxygen atoms in total. The molecule has 0 saturated carbocycles. The molecule has 1 amide bonds. The zero-order valence-corrected chi connectivity index (χ0v) is 12.3. The van der Waals surface area contributed by atoms with E-state index in [-0.39, 0.29) is 5.91 Å². The van der Waals surface area contributed by atoms with Crippen LogP contribution >= 0.6 is 11.6 Å². The number of hydrogen-bond acceptors (Lipinski definition) is 2. The molecule has 0 radical (unpaired) electrons. The number of anilines is 1. The Kier molecular flexibility index (Phi) is 4.48. The van der Waals surface area contributed by atoms with Gasteiger partial charge in [0.25, 0.3) is 0 Å². The lowest BCUT2D eigenvalue weighted by atomic mass is 9.90. The van der Waals surface area contributed by atoms with Crippen LogP contribution < -0.4 is 10.6 Å². The van der Waals surface area contributed by atoms with Crippen LogP contribution in [0, 0.1) is 6.92 Å². The molecular weight excluding hydrogens is 260 g/mol. The van der Waals surface area contributed by atoms with Crippen molar-refractivity contribution in [2.24, 2.45) is 0 Å². The van der Waals surface area contributed by atoms with E-state index in [2.05, 4.69) is 17.6 Å². The number of benzene rings is 1. The average Bonchev–Trinajstić information content (AvgIpc) is 2.84. The molecule has 2 rings (SSSR count). The molecule has 1 fully saturated rings. The monoisotopic (exact) mass is 280 g/mol. The molecule has 0 aromatic heterocycles. The molecule has 19 heavy (non-hydrogen) atoms. The standard InChI is InChI=1S/C15H21ClN2O/c1-3-8-15(9-5-10-17-15)14(19)18-13-11(2)6-4-7-12(13)16/h4,6-7,17H,3,5,8-10H2,1-2H3,(H,18,19). The summed E-state index contributed by atoms with van der Waals surface area (Å²) in [4.78, 5) is 12.6. The van der Waals surface area contributed by atoms with Crippen LogP contribution in [0.2, 0.25) is 5.02 Å². The third-order valence-corrected chi connectivity index (χ3v) is 4.13. The van der Waals surface area contributed by atoms with Crippen LogP contribution in [0.5, 0.6) is 0 Å².